The zero-order chi connectivity index (χ0) is 73.5. The van der Waals surface area contributed by atoms with Gasteiger partial charge >= 0.3 is 39.5 Å². The minimum Gasteiger partial charge on any atom is -0.462 e. The van der Waals surface area contributed by atoms with Gasteiger partial charge in [-0.3, -0.25) is 37.3 Å². The zero-order valence-corrected chi connectivity index (χ0v) is 67.3. The van der Waals surface area contributed by atoms with Crippen LogP contribution in [0.3, 0.4) is 0 Å². The minimum absolute atomic E-state index is 0.106. The van der Waals surface area contributed by atoms with Gasteiger partial charge in [0, 0.05) is 25.7 Å². The molecule has 0 saturated heterocycles. The lowest BCUT2D eigenvalue weighted by atomic mass is 9.99. The fourth-order valence-electron chi connectivity index (χ4n) is 12.5. The Hall–Kier alpha value is -1.94. The van der Waals surface area contributed by atoms with E-state index in [1.165, 1.54) is 238 Å². The first-order valence-electron chi connectivity index (χ1n) is 42.0. The van der Waals surface area contributed by atoms with Crippen molar-refractivity contribution >= 4 is 39.5 Å². The van der Waals surface area contributed by atoms with Gasteiger partial charge in [0.1, 0.15) is 19.3 Å². The number of phosphoric ester groups is 2. The van der Waals surface area contributed by atoms with E-state index in [-0.39, 0.29) is 25.7 Å². The number of ether oxygens (including phenoxy) is 4. The summed E-state index contributed by atoms with van der Waals surface area (Å²) in [6, 6.07) is 0. The predicted octanol–water partition coefficient (Wildman–Crippen LogP) is 24.3. The number of hydrogen-bond acceptors (Lipinski definition) is 15. The van der Waals surface area contributed by atoms with E-state index >= 15 is 0 Å². The lowest BCUT2D eigenvalue weighted by Gasteiger charge is -2.21. The molecule has 0 spiro atoms. The van der Waals surface area contributed by atoms with Crippen molar-refractivity contribution in [1.82, 2.24) is 0 Å². The molecule has 17 nitrogen and oxygen atoms in total. The maximum atomic E-state index is 13.1. The summed E-state index contributed by atoms with van der Waals surface area (Å²) in [5, 5.41) is 10.6. The Labute approximate surface area is 613 Å². The van der Waals surface area contributed by atoms with E-state index < -0.39 is 97.5 Å². The van der Waals surface area contributed by atoms with Crippen LogP contribution in [0.5, 0.6) is 0 Å². The fraction of sp³-hybridized carbons (Fsp3) is 0.951. The Balaban J connectivity index is 5.17. The average Bonchev–Trinajstić information content (AvgIpc) is 0.919. The second kappa shape index (κ2) is 72.6. The lowest BCUT2D eigenvalue weighted by Crippen LogP contribution is -2.30. The Kier molecular flexibility index (Phi) is 71.2. The molecule has 0 saturated carbocycles. The molecule has 100 heavy (non-hydrogen) atoms. The molecule has 3 unspecified atom stereocenters. The van der Waals surface area contributed by atoms with Crippen LogP contribution in [0.15, 0.2) is 0 Å². The summed E-state index contributed by atoms with van der Waals surface area (Å²) in [4.78, 5) is 72.9. The van der Waals surface area contributed by atoms with Crippen LogP contribution >= 0.6 is 15.6 Å². The highest BCUT2D eigenvalue weighted by atomic mass is 31.2. The number of aliphatic hydroxyl groups is 1. The molecule has 0 aliphatic heterocycles. The topological polar surface area (TPSA) is 237 Å². The number of rotatable bonds is 80. The van der Waals surface area contributed by atoms with Crippen LogP contribution in [-0.4, -0.2) is 96.7 Å². The summed E-state index contributed by atoms with van der Waals surface area (Å²) in [6.07, 6.45) is 62.7. The van der Waals surface area contributed by atoms with Crippen molar-refractivity contribution in [3.8, 4) is 0 Å². The van der Waals surface area contributed by atoms with Gasteiger partial charge in [-0.1, -0.05) is 375 Å². The summed E-state index contributed by atoms with van der Waals surface area (Å²) < 4.78 is 68.6. The summed E-state index contributed by atoms with van der Waals surface area (Å²) in [5.74, 6) is -0.562. The normalized spacial score (nSPS) is 14.2. The van der Waals surface area contributed by atoms with Crippen molar-refractivity contribution in [2.45, 2.75) is 445 Å². The lowest BCUT2D eigenvalue weighted by molar-refractivity contribution is -0.161. The number of esters is 4. The van der Waals surface area contributed by atoms with Crippen molar-refractivity contribution in [3.05, 3.63) is 0 Å². The van der Waals surface area contributed by atoms with Crippen LogP contribution in [0.4, 0.5) is 0 Å². The zero-order valence-electron chi connectivity index (χ0n) is 65.5. The van der Waals surface area contributed by atoms with Crippen LogP contribution in [0.25, 0.3) is 0 Å². The molecule has 0 aromatic carbocycles. The highest BCUT2D eigenvalue weighted by molar-refractivity contribution is 7.47. The Morgan fingerprint density at radius 2 is 0.510 bits per heavy atom. The largest absolute Gasteiger partial charge is 0.472 e. The van der Waals surface area contributed by atoms with Gasteiger partial charge in [0.05, 0.1) is 26.4 Å². The van der Waals surface area contributed by atoms with Crippen LogP contribution in [0.1, 0.15) is 427 Å². The van der Waals surface area contributed by atoms with Crippen molar-refractivity contribution in [3.63, 3.8) is 0 Å². The molecule has 19 heteroatoms. The van der Waals surface area contributed by atoms with Crippen molar-refractivity contribution in [2.24, 2.45) is 11.8 Å². The van der Waals surface area contributed by atoms with Gasteiger partial charge in [0.15, 0.2) is 12.2 Å². The second-order valence-corrected chi connectivity index (χ2v) is 32.8. The minimum atomic E-state index is -4.96. The molecule has 3 N–H and O–H groups in total. The first kappa shape index (κ1) is 98.1. The Morgan fingerprint density at radius 1 is 0.290 bits per heavy atom. The number of carbonyl (C=O) groups excluding carboxylic acids is 4. The van der Waals surface area contributed by atoms with Crippen LogP contribution in [0.2, 0.25) is 0 Å². The van der Waals surface area contributed by atoms with Crippen LogP contribution < -0.4 is 0 Å². The molecule has 0 aromatic heterocycles. The molecular weight excluding hydrogens is 1310 g/mol. The van der Waals surface area contributed by atoms with Crippen LogP contribution in [-0.2, 0) is 65.4 Å². The first-order valence-corrected chi connectivity index (χ1v) is 45.0. The molecule has 0 fully saturated rings. The summed E-state index contributed by atoms with van der Waals surface area (Å²) in [7, 11) is -9.91. The second-order valence-electron chi connectivity index (χ2n) is 29.9. The molecule has 0 rings (SSSR count). The summed E-state index contributed by atoms with van der Waals surface area (Å²) in [6.45, 7) is 9.60. The smallest absolute Gasteiger partial charge is 0.462 e. The van der Waals surface area contributed by atoms with E-state index in [1.807, 2.05) is 0 Å². The Bertz CT molecular complexity index is 1930. The summed E-state index contributed by atoms with van der Waals surface area (Å²) >= 11 is 0. The number of unbranched alkanes of at least 4 members (excludes halogenated alkanes) is 49. The molecule has 0 bridgehead atoms. The maximum Gasteiger partial charge on any atom is 0.472 e. The molecule has 0 aliphatic carbocycles. The maximum absolute atomic E-state index is 13.1. The molecule has 6 atom stereocenters. The van der Waals surface area contributed by atoms with Gasteiger partial charge in [0.2, 0.25) is 0 Å². The highest BCUT2D eigenvalue weighted by Gasteiger charge is 2.30. The fourth-order valence-corrected chi connectivity index (χ4v) is 14.1. The molecule has 0 radical (unpaired) electrons. The SMILES string of the molecule is CCCCCCCCCCCCCCCCCCCCCC(=O)OC[C@H](COP(=O)(O)OC[C@@H](O)COP(=O)(O)OC[C@@H](COC(=O)CCCCCCCCC(C)C)OC(=O)CCCCCCCCCCCC)OC(=O)CCCCCCCCCCCCCCCCCCCCC(C)CC. The van der Waals surface area contributed by atoms with E-state index in [0.717, 1.165) is 102 Å². The van der Waals surface area contributed by atoms with E-state index in [1.54, 1.807) is 0 Å². The van der Waals surface area contributed by atoms with Gasteiger partial charge in [-0.2, -0.15) is 0 Å². The number of hydrogen-bond donors (Lipinski definition) is 3. The van der Waals surface area contributed by atoms with E-state index in [0.29, 0.717) is 31.6 Å². The van der Waals surface area contributed by atoms with Crippen molar-refractivity contribution < 1.29 is 80.2 Å². The molecule has 0 heterocycles. The third kappa shape index (κ3) is 73.0. The molecule has 594 valence electrons. The molecule has 0 aromatic rings. The molecule has 0 aliphatic rings. The number of aliphatic hydroxyl groups excluding tert-OH is 1. The number of carbonyl (C=O) groups is 4. The molecule has 0 amide bonds. The summed E-state index contributed by atoms with van der Waals surface area (Å²) in [5.41, 5.74) is 0. The molecular formula is C81H158O17P2. The van der Waals surface area contributed by atoms with Gasteiger partial charge in [0.25, 0.3) is 0 Å². The highest BCUT2D eigenvalue weighted by Crippen LogP contribution is 2.45. The quantitative estimate of drug-likeness (QED) is 0.0222. The van der Waals surface area contributed by atoms with E-state index in [9.17, 15) is 43.2 Å². The third-order valence-electron chi connectivity index (χ3n) is 19.3. The first-order chi connectivity index (χ1) is 48.4. The predicted molar refractivity (Wildman–Crippen MR) is 409 cm³/mol. The third-order valence-corrected chi connectivity index (χ3v) is 21.2. The number of phosphoric acid groups is 2. The van der Waals surface area contributed by atoms with Gasteiger partial charge < -0.3 is 33.8 Å². The van der Waals surface area contributed by atoms with E-state index in [2.05, 4.69) is 41.5 Å². The van der Waals surface area contributed by atoms with Crippen molar-refractivity contribution in [2.75, 3.05) is 39.6 Å². The standard InChI is InChI=1S/C81H158O17P2/c1-7-10-12-14-16-18-20-21-22-23-24-28-31-34-37-41-44-51-57-63-78(83)91-69-76(97-81(86)66-60-54-46-42-38-35-32-29-26-25-27-30-33-36-39-43-50-56-62-74(6)9-3)71-95-99(87,88)93-67-75(82)68-94-100(89,90)96-72-77(70-92-79(84)64-58-52-48-47-49-55-61-73(4)5)98-80(85)65-59-53-45-40-19-17-15-13-11-8-2/h73-77,82H,7-72H2,1-6H3,(H,87,88)(H,89,90)/t74?,75-,76-,77-/m1/s1. The van der Waals surface area contributed by atoms with Gasteiger partial charge in [-0.25, -0.2) is 9.13 Å². The van der Waals surface area contributed by atoms with Gasteiger partial charge in [-0.05, 0) is 37.5 Å². The van der Waals surface area contributed by atoms with Crippen LogP contribution in [0, 0.1) is 11.8 Å². The monoisotopic (exact) mass is 1470 g/mol. The average molecular weight is 1470 g/mol. The Morgan fingerprint density at radius 3 is 0.760 bits per heavy atom. The van der Waals surface area contributed by atoms with Gasteiger partial charge in [-0.15, -0.1) is 0 Å². The van der Waals surface area contributed by atoms with E-state index in [4.69, 9.17) is 37.0 Å². The van der Waals surface area contributed by atoms with Crippen molar-refractivity contribution in [1.29, 1.82) is 0 Å².